The van der Waals surface area contributed by atoms with Crippen molar-refractivity contribution in [2.75, 3.05) is 26.7 Å². The van der Waals surface area contributed by atoms with E-state index >= 15 is 0 Å². The minimum atomic E-state index is -1.09. The molecule has 10 nitrogen and oxygen atoms in total. The lowest BCUT2D eigenvalue weighted by Gasteiger charge is -2.42. The Morgan fingerprint density at radius 3 is 2.19 bits per heavy atom. The summed E-state index contributed by atoms with van der Waals surface area (Å²) in [6.07, 6.45) is 6.35. The summed E-state index contributed by atoms with van der Waals surface area (Å²) in [6, 6.07) is 17.0. The van der Waals surface area contributed by atoms with E-state index in [9.17, 15) is 19.2 Å². The smallest absolute Gasteiger partial charge is 0.424 e. The summed E-state index contributed by atoms with van der Waals surface area (Å²) in [5.74, 6) is -2.32. The molecular formula is C33H47N4O6+. The highest BCUT2D eigenvalue weighted by molar-refractivity contribution is 5.91. The zero-order valence-electron chi connectivity index (χ0n) is 25.5. The number of esters is 1. The van der Waals surface area contributed by atoms with Crippen LogP contribution in [0.4, 0.5) is 4.79 Å². The van der Waals surface area contributed by atoms with Gasteiger partial charge in [0.05, 0.1) is 19.1 Å². The molecule has 43 heavy (non-hydrogen) atoms. The number of hydroxylamine groups is 1. The fraction of sp³-hybridized carbons (Fsp3) is 0.515. The molecule has 0 aliphatic carbocycles. The van der Waals surface area contributed by atoms with Gasteiger partial charge in [-0.2, -0.15) is 4.48 Å². The highest BCUT2D eigenvalue weighted by Crippen LogP contribution is 2.28. The van der Waals surface area contributed by atoms with E-state index in [0.717, 1.165) is 49.7 Å². The lowest BCUT2D eigenvalue weighted by Crippen LogP contribution is -2.75. The van der Waals surface area contributed by atoms with Crippen molar-refractivity contribution in [2.45, 2.75) is 77.5 Å². The molecule has 1 aliphatic heterocycles. The number of hydrogen-bond donors (Lipinski definition) is 3. The van der Waals surface area contributed by atoms with Crippen LogP contribution in [0.2, 0.25) is 0 Å². The number of nitrogens with one attached hydrogen (secondary N) is 3. The molecule has 0 bridgehead atoms. The SMILES string of the molecule is CCCCCCCC[C@H](CC(=O)NOCc1ccccc1)C(=O)[N@+]1(C(=O)NC)CCNCC1C(=O)OCc1ccccc1. The number of amides is 4. The number of imide groups is 1. The van der Waals surface area contributed by atoms with Crippen molar-refractivity contribution in [3.05, 3.63) is 71.8 Å². The zero-order chi connectivity index (χ0) is 30.9. The Morgan fingerprint density at radius 1 is 0.907 bits per heavy atom. The highest BCUT2D eigenvalue weighted by Gasteiger charge is 2.58. The van der Waals surface area contributed by atoms with Crippen LogP contribution in [-0.4, -0.2) is 61.0 Å². The van der Waals surface area contributed by atoms with Crippen LogP contribution in [0.1, 0.15) is 69.4 Å². The number of quaternary nitrogens is 1. The first-order valence-electron chi connectivity index (χ1n) is 15.4. The second-order valence-corrected chi connectivity index (χ2v) is 11.1. The lowest BCUT2D eigenvalue weighted by atomic mass is 9.92. The second-order valence-electron chi connectivity index (χ2n) is 11.1. The second kappa shape index (κ2) is 18.1. The van der Waals surface area contributed by atoms with Gasteiger partial charge in [0.2, 0.25) is 11.9 Å². The molecule has 0 radical (unpaired) electrons. The Labute approximate surface area is 255 Å². The first kappa shape index (κ1) is 33.9. The summed E-state index contributed by atoms with van der Waals surface area (Å²) < 4.78 is 4.89. The van der Waals surface area contributed by atoms with Crippen LogP contribution in [0.25, 0.3) is 0 Å². The molecule has 2 aromatic carbocycles. The van der Waals surface area contributed by atoms with Gasteiger partial charge in [0.1, 0.15) is 13.2 Å². The number of carbonyl (C=O) groups is 4. The quantitative estimate of drug-likeness (QED) is 0.114. The van der Waals surface area contributed by atoms with E-state index in [-0.39, 0.29) is 32.7 Å². The number of ether oxygens (including phenoxy) is 1. The third-order valence-electron chi connectivity index (χ3n) is 7.93. The van der Waals surface area contributed by atoms with Gasteiger partial charge < -0.3 is 15.4 Å². The van der Waals surface area contributed by atoms with Crippen molar-refractivity contribution in [3.63, 3.8) is 0 Å². The van der Waals surface area contributed by atoms with Crippen LogP contribution in [0.3, 0.4) is 0 Å². The van der Waals surface area contributed by atoms with Gasteiger partial charge in [-0.25, -0.2) is 19.9 Å². The van der Waals surface area contributed by atoms with Gasteiger partial charge in [0.15, 0.2) is 0 Å². The van der Waals surface area contributed by atoms with Gasteiger partial charge in [-0.05, 0) is 17.5 Å². The molecule has 0 aromatic heterocycles. The number of piperazine rings is 1. The average molecular weight is 596 g/mol. The first-order valence-corrected chi connectivity index (χ1v) is 15.4. The molecule has 3 N–H and O–H groups in total. The average Bonchev–Trinajstić information content (AvgIpc) is 3.04. The van der Waals surface area contributed by atoms with E-state index < -0.39 is 40.3 Å². The Bertz CT molecular complexity index is 1160. The number of benzene rings is 2. The molecule has 2 aromatic rings. The predicted octanol–water partition coefficient (Wildman–Crippen LogP) is 4.39. The zero-order valence-corrected chi connectivity index (χ0v) is 25.5. The van der Waals surface area contributed by atoms with Crippen LogP contribution in [0.5, 0.6) is 0 Å². The first-order chi connectivity index (χ1) is 20.9. The molecule has 234 valence electrons. The topological polar surface area (TPSA) is 123 Å². The molecule has 1 unspecified atom stereocenters. The molecule has 4 amide bonds. The van der Waals surface area contributed by atoms with Crippen molar-refractivity contribution < 1.29 is 33.2 Å². The maximum Gasteiger partial charge on any atom is 0.424 e. The van der Waals surface area contributed by atoms with Gasteiger partial charge in [0.25, 0.3) is 0 Å². The molecule has 3 atom stereocenters. The molecule has 0 spiro atoms. The summed E-state index contributed by atoms with van der Waals surface area (Å²) in [7, 11) is 1.46. The third kappa shape index (κ3) is 9.98. The van der Waals surface area contributed by atoms with Crippen molar-refractivity contribution in [3.8, 4) is 0 Å². The van der Waals surface area contributed by atoms with Crippen molar-refractivity contribution in [1.82, 2.24) is 16.1 Å². The Hall–Kier alpha value is -3.60. The lowest BCUT2D eigenvalue weighted by molar-refractivity contribution is -0.797. The Balaban J connectivity index is 1.78. The van der Waals surface area contributed by atoms with E-state index in [2.05, 4.69) is 23.0 Å². The number of rotatable bonds is 16. The Morgan fingerprint density at radius 2 is 1.53 bits per heavy atom. The highest BCUT2D eigenvalue weighted by atomic mass is 16.6. The number of carbonyl (C=O) groups excluding carboxylic acids is 4. The summed E-state index contributed by atoms with van der Waals surface area (Å²) in [5, 5.41) is 5.77. The minimum absolute atomic E-state index is 0.0282. The van der Waals surface area contributed by atoms with E-state index in [1.165, 1.54) is 7.05 Å². The summed E-state index contributed by atoms with van der Waals surface area (Å²) in [4.78, 5) is 60.0. The van der Waals surface area contributed by atoms with Gasteiger partial charge in [-0.15, -0.1) is 0 Å². The third-order valence-corrected chi connectivity index (χ3v) is 7.93. The van der Waals surface area contributed by atoms with Crippen LogP contribution in [0, 0.1) is 5.92 Å². The van der Waals surface area contributed by atoms with Crippen LogP contribution >= 0.6 is 0 Å². The summed E-state index contributed by atoms with van der Waals surface area (Å²) >= 11 is 0. The standard InChI is InChI=1S/C33H46N4O6/c1-3-4-5-6-7-14-19-28(22-30(38)36-43-25-27-17-12-9-13-18-27)31(39)37(33(41)34-2)21-20-35-23-29(37)32(40)42-24-26-15-10-8-11-16-26/h8-13,15-18,28-29,35H,3-7,14,19-25H2,1-2H3,(H-,34,36,38,41)/p+1/t28-,29?,37+/m1/s1. The van der Waals surface area contributed by atoms with Gasteiger partial charge in [-0.1, -0.05) is 106 Å². The van der Waals surface area contributed by atoms with Gasteiger partial charge in [-0.3, -0.25) is 9.63 Å². The molecule has 10 heteroatoms. The fourth-order valence-electron chi connectivity index (χ4n) is 5.55. The minimum Gasteiger partial charge on any atom is -0.456 e. The van der Waals surface area contributed by atoms with Crippen molar-refractivity contribution in [1.29, 1.82) is 0 Å². The molecular weight excluding hydrogens is 548 g/mol. The number of urea groups is 1. The molecule has 1 saturated heterocycles. The van der Waals surface area contributed by atoms with E-state index in [1.807, 2.05) is 60.7 Å². The van der Waals surface area contributed by atoms with E-state index in [1.54, 1.807) is 0 Å². The molecule has 0 saturated carbocycles. The van der Waals surface area contributed by atoms with Crippen molar-refractivity contribution >= 4 is 23.8 Å². The monoisotopic (exact) mass is 595 g/mol. The van der Waals surface area contributed by atoms with E-state index in [4.69, 9.17) is 9.57 Å². The van der Waals surface area contributed by atoms with Gasteiger partial charge in [0, 0.05) is 20.0 Å². The Kier molecular flexibility index (Phi) is 14.3. The number of nitrogens with zero attached hydrogens (tertiary/aromatic N) is 1. The number of hydrogen-bond acceptors (Lipinski definition) is 7. The molecule has 1 heterocycles. The van der Waals surface area contributed by atoms with E-state index in [0.29, 0.717) is 13.0 Å². The molecule has 3 rings (SSSR count). The predicted molar refractivity (Wildman–Crippen MR) is 163 cm³/mol. The van der Waals surface area contributed by atoms with Gasteiger partial charge >= 0.3 is 17.9 Å². The van der Waals surface area contributed by atoms with Crippen LogP contribution in [0.15, 0.2) is 60.7 Å². The molecule has 1 aliphatic rings. The maximum absolute atomic E-state index is 14.5. The largest absolute Gasteiger partial charge is 0.456 e. The summed E-state index contributed by atoms with van der Waals surface area (Å²) in [6.45, 7) is 2.90. The van der Waals surface area contributed by atoms with Crippen LogP contribution in [-0.2, 0) is 37.2 Å². The number of unbranched alkanes of at least 4 members (excludes halogenated alkanes) is 5. The maximum atomic E-state index is 14.5. The normalized spacial score (nSPS) is 18.8. The summed E-state index contributed by atoms with van der Waals surface area (Å²) in [5.41, 5.74) is 4.16. The molecule has 1 fully saturated rings. The van der Waals surface area contributed by atoms with Crippen molar-refractivity contribution in [2.24, 2.45) is 5.92 Å². The van der Waals surface area contributed by atoms with Crippen LogP contribution < -0.4 is 16.1 Å². The fourth-order valence-corrected chi connectivity index (χ4v) is 5.55.